The highest BCUT2D eigenvalue weighted by Crippen LogP contribution is 2.51. The van der Waals surface area contributed by atoms with E-state index in [2.05, 4.69) is 16.0 Å². The molecule has 1 N–H and O–H groups in total. The fraction of sp³-hybridized carbons (Fsp3) is 0.543. The molecule has 11 nitrogen and oxygen atoms in total. The van der Waals surface area contributed by atoms with E-state index in [9.17, 15) is 9.59 Å². The molecule has 6 atom stereocenters. The molecule has 0 spiro atoms. The zero-order chi connectivity index (χ0) is 32.5. The number of H-pyrrole nitrogens is 1. The summed E-state index contributed by atoms with van der Waals surface area (Å²) in [5.74, 6) is 0.583. The van der Waals surface area contributed by atoms with Crippen molar-refractivity contribution in [1.82, 2.24) is 9.88 Å². The fourth-order valence-corrected chi connectivity index (χ4v) is 7.98. The number of benzene rings is 2. The van der Waals surface area contributed by atoms with Crippen LogP contribution in [0.25, 0.3) is 10.9 Å². The second kappa shape index (κ2) is 13.4. The van der Waals surface area contributed by atoms with Crippen LogP contribution in [0.3, 0.4) is 0 Å². The van der Waals surface area contributed by atoms with Gasteiger partial charge in [0.25, 0.3) is 0 Å². The Kier molecular flexibility index (Phi) is 9.33. The standard InChI is InChI=1S/C35H44N2O9/c1-7-44-27-13-19(14-28(45-8-2)32(27)41-4)34(38)46-29-15-20-18-37-12-11-23-22-10-9-21(40-3)16-25(22)36-31(23)26(37)17-24(20)30(33(29)42-5)35(39)43-6/h9-10,13-14,16,20,24,26,29-30,33,36H,7-8,11-12,15,17-18H2,1-6H3/t20-,24+,26+,29-,30-,33-/m1/s1. The van der Waals surface area contributed by atoms with Crippen LogP contribution in [0.2, 0.25) is 0 Å². The number of fused-ring (bicyclic) bond motifs is 6. The summed E-state index contributed by atoms with van der Waals surface area (Å²) < 4.78 is 40.0. The Hall–Kier alpha value is -3.96. The molecule has 1 aliphatic carbocycles. The van der Waals surface area contributed by atoms with Crippen LogP contribution in [0.1, 0.15) is 54.3 Å². The van der Waals surface area contributed by atoms with Crippen molar-refractivity contribution in [3.8, 4) is 23.0 Å². The Labute approximate surface area is 269 Å². The van der Waals surface area contributed by atoms with Gasteiger partial charge >= 0.3 is 11.9 Å². The Bertz CT molecular complexity index is 1560. The highest BCUT2D eigenvalue weighted by atomic mass is 16.6. The Morgan fingerprint density at radius 3 is 2.33 bits per heavy atom. The van der Waals surface area contributed by atoms with Gasteiger partial charge in [-0.05, 0) is 74.8 Å². The lowest BCUT2D eigenvalue weighted by atomic mass is 9.63. The quantitative estimate of drug-likeness (QED) is 0.306. The van der Waals surface area contributed by atoms with Crippen LogP contribution in [0.15, 0.2) is 30.3 Å². The first-order valence-corrected chi connectivity index (χ1v) is 16.1. The van der Waals surface area contributed by atoms with Gasteiger partial charge in [0.15, 0.2) is 11.5 Å². The van der Waals surface area contributed by atoms with Crippen molar-refractivity contribution in [2.45, 2.75) is 51.4 Å². The van der Waals surface area contributed by atoms with E-state index in [4.69, 9.17) is 33.2 Å². The van der Waals surface area contributed by atoms with Gasteiger partial charge in [-0.25, -0.2) is 4.79 Å². The van der Waals surface area contributed by atoms with Gasteiger partial charge < -0.3 is 38.1 Å². The minimum absolute atomic E-state index is 0.0180. The maximum absolute atomic E-state index is 13.7. The molecule has 46 heavy (non-hydrogen) atoms. The first kappa shape index (κ1) is 32.0. The average molecular weight is 637 g/mol. The molecule has 2 aromatic carbocycles. The number of ether oxygens (including phenoxy) is 7. The van der Waals surface area contributed by atoms with Crippen LogP contribution in [0.5, 0.6) is 23.0 Å². The number of carbonyl (C=O) groups excluding carboxylic acids is 2. The van der Waals surface area contributed by atoms with E-state index >= 15 is 0 Å². The molecule has 3 heterocycles. The van der Waals surface area contributed by atoms with Gasteiger partial charge in [-0.3, -0.25) is 9.69 Å². The van der Waals surface area contributed by atoms with E-state index in [1.807, 2.05) is 26.0 Å². The Morgan fingerprint density at radius 2 is 1.70 bits per heavy atom. The molecule has 11 heteroatoms. The first-order valence-electron chi connectivity index (χ1n) is 16.1. The number of piperidine rings is 1. The molecule has 3 aliphatic rings. The second-order valence-corrected chi connectivity index (χ2v) is 12.1. The number of hydrogen-bond donors (Lipinski definition) is 1. The largest absolute Gasteiger partial charge is 0.497 e. The normalized spacial score (nSPS) is 25.5. The maximum Gasteiger partial charge on any atom is 0.338 e. The third-order valence-corrected chi connectivity index (χ3v) is 9.92. The molecule has 0 bridgehead atoms. The molecular weight excluding hydrogens is 592 g/mol. The smallest absolute Gasteiger partial charge is 0.338 e. The number of rotatable bonds is 10. The highest BCUT2D eigenvalue weighted by molar-refractivity contribution is 5.91. The summed E-state index contributed by atoms with van der Waals surface area (Å²) in [5.41, 5.74) is 3.85. The SMILES string of the molecule is CCOc1cc(C(=O)O[C@@H]2C[C@@H]3CN4CCc5c([nH]c6cc(OC)ccc56)[C@@H]4C[C@@H]3[C@@H](C(=O)OC)[C@@H]2OC)cc(OCC)c1OC. The zero-order valence-electron chi connectivity index (χ0n) is 27.4. The number of aromatic nitrogens is 1. The molecule has 1 saturated heterocycles. The maximum atomic E-state index is 13.7. The summed E-state index contributed by atoms with van der Waals surface area (Å²) >= 11 is 0. The molecular formula is C35H44N2O9. The summed E-state index contributed by atoms with van der Waals surface area (Å²) in [6.07, 6.45) is 0.922. The predicted octanol–water partition coefficient (Wildman–Crippen LogP) is 4.95. The molecule has 2 fully saturated rings. The number of esters is 2. The van der Waals surface area contributed by atoms with Crippen LogP contribution < -0.4 is 18.9 Å². The van der Waals surface area contributed by atoms with Crippen molar-refractivity contribution >= 4 is 22.8 Å². The molecule has 0 unspecified atom stereocenters. The third kappa shape index (κ3) is 5.64. The average Bonchev–Trinajstić information content (AvgIpc) is 3.45. The molecule has 1 aromatic heterocycles. The van der Waals surface area contributed by atoms with Crippen LogP contribution in [0.4, 0.5) is 0 Å². The molecule has 248 valence electrons. The van der Waals surface area contributed by atoms with Gasteiger partial charge in [0.05, 0.1) is 52.1 Å². The molecule has 0 amide bonds. The van der Waals surface area contributed by atoms with Gasteiger partial charge in [0.2, 0.25) is 5.75 Å². The summed E-state index contributed by atoms with van der Waals surface area (Å²) in [6.45, 7) is 6.15. The Morgan fingerprint density at radius 1 is 0.957 bits per heavy atom. The van der Waals surface area contributed by atoms with E-state index in [1.165, 1.54) is 30.9 Å². The van der Waals surface area contributed by atoms with Gasteiger partial charge in [-0.15, -0.1) is 0 Å². The first-order chi connectivity index (χ1) is 22.3. The minimum atomic E-state index is -0.671. The van der Waals surface area contributed by atoms with E-state index < -0.39 is 24.1 Å². The monoisotopic (exact) mass is 636 g/mol. The number of carbonyl (C=O) groups is 2. The van der Waals surface area contributed by atoms with Crippen LogP contribution >= 0.6 is 0 Å². The molecule has 6 rings (SSSR count). The van der Waals surface area contributed by atoms with Gasteiger partial charge in [0, 0.05) is 42.9 Å². The lowest BCUT2D eigenvalue weighted by Gasteiger charge is -2.52. The Balaban J connectivity index is 1.29. The lowest BCUT2D eigenvalue weighted by molar-refractivity contribution is -0.176. The summed E-state index contributed by atoms with van der Waals surface area (Å²) in [7, 11) is 6.17. The van der Waals surface area contributed by atoms with E-state index in [0.717, 1.165) is 37.2 Å². The summed E-state index contributed by atoms with van der Waals surface area (Å²) in [4.78, 5) is 33.4. The van der Waals surface area contributed by atoms with Crippen LogP contribution in [-0.4, -0.2) is 88.8 Å². The summed E-state index contributed by atoms with van der Waals surface area (Å²) in [5, 5.41) is 1.21. The van der Waals surface area contributed by atoms with E-state index in [1.54, 1.807) is 26.4 Å². The number of methoxy groups -OCH3 is 4. The van der Waals surface area contributed by atoms with E-state index in [-0.39, 0.29) is 29.4 Å². The third-order valence-electron chi connectivity index (χ3n) is 9.92. The van der Waals surface area contributed by atoms with Crippen molar-refractivity contribution < 1.29 is 42.7 Å². The number of nitrogens with one attached hydrogen (secondary N) is 1. The van der Waals surface area contributed by atoms with Gasteiger partial charge in [-0.1, -0.05) is 0 Å². The van der Waals surface area contributed by atoms with Crippen molar-refractivity contribution in [2.24, 2.45) is 17.8 Å². The molecule has 1 saturated carbocycles. The van der Waals surface area contributed by atoms with Crippen LogP contribution in [0, 0.1) is 17.8 Å². The number of hydrogen-bond acceptors (Lipinski definition) is 10. The molecule has 2 aliphatic heterocycles. The van der Waals surface area contributed by atoms with Crippen molar-refractivity contribution in [1.29, 1.82) is 0 Å². The zero-order valence-corrected chi connectivity index (χ0v) is 27.4. The highest BCUT2D eigenvalue weighted by Gasteiger charge is 2.54. The predicted molar refractivity (Wildman–Crippen MR) is 170 cm³/mol. The fourth-order valence-electron chi connectivity index (χ4n) is 7.98. The lowest BCUT2D eigenvalue weighted by Crippen LogP contribution is -2.58. The van der Waals surface area contributed by atoms with Gasteiger partial charge in [-0.2, -0.15) is 0 Å². The van der Waals surface area contributed by atoms with Crippen LogP contribution in [-0.2, 0) is 25.4 Å². The van der Waals surface area contributed by atoms with E-state index in [0.29, 0.717) is 36.9 Å². The van der Waals surface area contributed by atoms with Crippen molar-refractivity contribution in [2.75, 3.05) is 54.7 Å². The minimum Gasteiger partial charge on any atom is -0.497 e. The molecule has 3 aromatic rings. The summed E-state index contributed by atoms with van der Waals surface area (Å²) in [6, 6.07) is 9.50. The number of nitrogens with zero attached hydrogens (tertiary/aromatic N) is 1. The van der Waals surface area contributed by atoms with Gasteiger partial charge in [0.1, 0.15) is 18.0 Å². The molecule has 0 radical (unpaired) electrons. The van der Waals surface area contributed by atoms with Crippen molar-refractivity contribution in [3.63, 3.8) is 0 Å². The van der Waals surface area contributed by atoms with Crippen molar-refractivity contribution in [3.05, 3.63) is 47.2 Å². The topological polar surface area (TPSA) is 118 Å². The number of aromatic amines is 1. The second-order valence-electron chi connectivity index (χ2n) is 12.1.